The number of nitrogens with zero attached hydrogens (tertiary/aromatic N) is 1. The van der Waals surface area contributed by atoms with E-state index in [1.807, 2.05) is 48.5 Å². The summed E-state index contributed by atoms with van der Waals surface area (Å²) < 4.78 is 6.85. The molecule has 166 valence electrons. The van der Waals surface area contributed by atoms with Gasteiger partial charge in [0.15, 0.2) is 0 Å². The van der Waals surface area contributed by atoms with Crippen LogP contribution in [-0.2, 0) is 11.4 Å². The smallest absolute Gasteiger partial charge is 0.250 e. The van der Waals surface area contributed by atoms with Crippen molar-refractivity contribution in [3.8, 4) is 5.75 Å². The first kappa shape index (κ1) is 23.4. The van der Waals surface area contributed by atoms with Gasteiger partial charge in [-0.05, 0) is 80.3 Å². The molecule has 0 saturated carbocycles. The van der Waals surface area contributed by atoms with Gasteiger partial charge in [-0.1, -0.05) is 54.1 Å². The van der Waals surface area contributed by atoms with Crippen LogP contribution in [0.5, 0.6) is 5.75 Å². The van der Waals surface area contributed by atoms with Crippen molar-refractivity contribution in [2.75, 3.05) is 5.75 Å². The number of halogens is 2. The van der Waals surface area contributed by atoms with Gasteiger partial charge in [-0.2, -0.15) is 5.10 Å². The molecule has 0 aliphatic carbocycles. The Morgan fingerprint density at radius 3 is 2.64 bits per heavy atom. The molecule has 4 nitrogen and oxygen atoms in total. The Morgan fingerprint density at radius 1 is 1.03 bits per heavy atom. The van der Waals surface area contributed by atoms with E-state index < -0.39 is 0 Å². The number of fused-ring (bicyclic) bond motifs is 1. The molecule has 0 spiro atoms. The molecule has 0 heterocycles. The fourth-order valence-electron chi connectivity index (χ4n) is 3.18. The largest absolute Gasteiger partial charge is 0.488 e. The number of hydrogen-bond acceptors (Lipinski definition) is 4. The normalized spacial score (nSPS) is 11.1. The number of hydrazone groups is 1. The topological polar surface area (TPSA) is 50.7 Å². The van der Waals surface area contributed by atoms with Crippen LogP contribution in [0.1, 0.15) is 11.1 Å². The summed E-state index contributed by atoms with van der Waals surface area (Å²) in [4.78, 5) is 13.0. The lowest BCUT2D eigenvalue weighted by atomic mass is 10.1. The minimum atomic E-state index is -0.180. The number of carbonyl (C=O) groups excluding carboxylic acids is 1. The molecule has 0 radical (unpaired) electrons. The molecule has 4 aromatic rings. The number of nitrogens with one attached hydrogen (secondary N) is 1. The third-order valence-corrected chi connectivity index (χ3v) is 6.69. The van der Waals surface area contributed by atoms with Gasteiger partial charge < -0.3 is 4.74 Å². The van der Waals surface area contributed by atoms with Crippen LogP contribution in [0.4, 0.5) is 0 Å². The Bertz CT molecular complexity index is 1290. The van der Waals surface area contributed by atoms with Crippen LogP contribution in [0.15, 0.2) is 99.4 Å². The van der Waals surface area contributed by atoms with Crippen molar-refractivity contribution < 1.29 is 9.53 Å². The monoisotopic (exact) mass is 538 g/mol. The summed E-state index contributed by atoms with van der Waals surface area (Å²) in [6.45, 7) is 0.467. The zero-order chi connectivity index (χ0) is 23.0. The van der Waals surface area contributed by atoms with Crippen LogP contribution in [-0.4, -0.2) is 17.9 Å². The van der Waals surface area contributed by atoms with Crippen molar-refractivity contribution in [1.29, 1.82) is 0 Å². The minimum absolute atomic E-state index is 0.180. The molecule has 0 fully saturated rings. The van der Waals surface area contributed by atoms with Gasteiger partial charge in [0.05, 0.1) is 16.4 Å². The summed E-state index contributed by atoms with van der Waals surface area (Å²) >= 11 is 10.9. The predicted molar refractivity (Wildman–Crippen MR) is 140 cm³/mol. The maximum Gasteiger partial charge on any atom is 0.250 e. The standard InChI is InChI=1S/C26H20BrClN2O2S/c27-24-14-18(15-29-30-26(31)17-33-22-11-9-21(28)10-12-22)8-13-25(24)32-16-20-6-3-5-19-4-1-2-7-23(19)20/h1-15H,16-17H2,(H,30,31)/b29-15-. The molecule has 0 unspecified atom stereocenters. The number of rotatable bonds is 8. The highest BCUT2D eigenvalue weighted by Gasteiger charge is 2.06. The van der Waals surface area contributed by atoms with Crippen molar-refractivity contribution in [3.05, 3.63) is 106 Å². The molecule has 0 atom stereocenters. The Balaban J connectivity index is 1.30. The maximum absolute atomic E-state index is 12.0. The van der Waals surface area contributed by atoms with E-state index in [0.717, 1.165) is 26.2 Å². The molecular weight excluding hydrogens is 520 g/mol. The highest BCUT2D eigenvalue weighted by Crippen LogP contribution is 2.28. The maximum atomic E-state index is 12.0. The van der Waals surface area contributed by atoms with Gasteiger partial charge in [0, 0.05) is 9.92 Å². The average Bonchev–Trinajstić information content (AvgIpc) is 2.83. The molecule has 0 aliphatic rings. The lowest BCUT2D eigenvalue weighted by molar-refractivity contribution is -0.118. The van der Waals surface area contributed by atoms with E-state index >= 15 is 0 Å². The number of amides is 1. The number of carbonyl (C=O) groups is 1. The molecule has 0 saturated heterocycles. The first-order valence-corrected chi connectivity index (χ1v) is 12.3. The summed E-state index contributed by atoms with van der Waals surface area (Å²) in [5, 5.41) is 7.09. The second-order valence-corrected chi connectivity index (χ2v) is 9.49. The highest BCUT2D eigenvalue weighted by molar-refractivity contribution is 9.10. The van der Waals surface area contributed by atoms with E-state index in [4.69, 9.17) is 16.3 Å². The Labute approximate surface area is 210 Å². The van der Waals surface area contributed by atoms with Gasteiger partial charge in [-0.25, -0.2) is 5.43 Å². The van der Waals surface area contributed by atoms with Crippen molar-refractivity contribution in [1.82, 2.24) is 5.43 Å². The third kappa shape index (κ3) is 6.60. The molecular formula is C26H20BrClN2O2S. The Kier molecular flexibility index (Phi) is 8.05. The van der Waals surface area contributed by atoms with Crippen molar-refractivity contribution in [2.45, 2.75) is 11.5 Å². The number of ether oxygens (including phenoxy) is 1. The van der Waals surface area contributed by atoms with E-state index in [1.54, 1.807) is 18.3 Å². The van der Waals surface area contributed by atoms with Crippen LogP contribution in [0.25, 0.3) is 10.8 Å². The van der Waals surface area contributed by atoms with Crippen LogP contribution in [0.2, 0.25) is 5.02 Å². The van der Waals surface area contributed by atoms with Gasteiger partial charge in [-0.3, -0.25) is 4.79 Å². The molecule has 4 rings (SSSR count). The second-order valence-electron chi connectivity index (χ2n) is 7.15. The average molecular weight is 540 g/mol. The van der Waals surface area contributed by atoms with E-state index in [1.165, 1.54) is 22.5 Å². The lowest BCUT2D eigenvalue weighted by Gasteiger charge is -2.11. The molecule has 33 heavy (non-hydrogen) atoms. The molecule has 1 amide bonds. The summed E-state index contributed by atoms with van der Waals surface area (Å²) in [6, 6.07) is 27.5. The highest BCUT2D eigenvalue weighted by atomic mass is 79.9. The van der Waals surface area contributed by atoms with Crippen molar-refractivity contribution in [3.63, 3.8) is 0 Å². The molecule has 0 aromatic heterocycles. The third-order valence-electron chi connectivity index (χ3n) is 4.81. The lowest BCUT2D eigenvalue weighted by Crippen LogP contribution is -2.19. The van der Waals surface area contributed by atoms with Gasteiger partial charge in [0.2, 0.25) is 5.91 Å². The van der Waals surface area contributed by atoms with E-state index in [2.05, 4.69) is 50.7 Å². The Morgan fingerprint density at radius 2 is 1.82 bits per heavy atom. The molecule has 4 aromatic carbocycles. The molecule has 0 aliphatic heterocycles. The SMILES string of the molecule is O=C(CSc1ccc(Cl)cc1)N/N=C\c1ccc(OCc2cccc3ccccc23)c(Br)c1. The summed E-state index contributed by atoms with van der Waals surface area (Å²) in [5.41, 5.74) is 4.52. The number of hydrogen-bond donors (Lipinski definition) is 1. The molecule has 7 heteroatoms. The van der Waals surface area contributed by atoms with Crippen molar-refractivity contribution in [2.24, 2.45) is 5.10 Å². The first-order chi connectivity index (χ1) is 16.1. The van der Waals surface area contributed by atoms with Gasteiger partial charge in [-0.15, -0.1) is 11.8 Å². The summed E-state index contributed by atoms with van der Waals surface area (Å²) in [5.74, 6) is 0.827. The van der Waals surface area contributed by atoms with Crippen molar-refractivity contribution >= 4 is 62.2 Å². The van der Waals surface area contributed by atoms with Crippen LogP contribution < -0.4 is 10.2 Å². The quantitative estimate of drug-likeness (QED) is 0.148. The zero-order valence-electron chi connectivity index (χ0n) is 17.5. The van der Waals surface area contributed by atoms with Gasteiger partial charge in [0.1, 0.15) is 12.4 Å². The van der Waals surface area contributed by atoms with Crippen LogP contribution >= 0.6 is 39.3 Å². The zero-order valence-corrected chi connectivity index (χ0v) is 20.7. The summed E-state index contributed by atoms with van der Waals surface area (Å²) in [7, 11) is 0. The molecule has 0 bridgehead atoms. The van der Waals surface area contributed by atoms with E-state index in [9.17, 15) is 4.79 Å². The second kappa shape index (κ2) is 11.4. The predicted octanol–water partition coefficient (Wildman–Crippen LogP) is 7.08. The number of benzene rings is 4. The summed E-state index contributed by atoms with van der Waals surface area (Å²) in [6.07, 6.45) is 1.60. The first-order valence-electron chi connectivity index (χ1n) is 10.2. The van der Waals surface area contributed by atoms with Crippen LogP contribution in [0, 0.1) is 0 Å². The van der Waals surface area contributed by atoms with Crippen LogP contribution in [0.3, 0.4) is 0 Å². The van der Waals surface area contributed by atoms with E-state index in [-0.39, 0.29) is 11.7 Å². The number of thioether (sulfide) groups is 1. The minimum Gasteiger partial charge on any atom is -0.488 e. The molecule has 1 N–H and O–H groups in total. The fourth-order valence-corrected chi connectivity index (χ4v) is 4.51. The Hall–Kier alpha value is -2.80. The fraction of sp³-hybridized carbons (Fsp3) is 0.0769. The van der Waals surface area contributed by atoms with E-state index in [0.29, 0.717) is 11.6 Å². The van der Waals surface area contributed by atoms with Gasteiger partial charge >= 0.3 is 0 Å². The van der Waals surface area contributed by atoms with Gasteiger partial charge in [0.25, 0.3) is 0 Å².